The highest BCUT2D eigenvalue weighted by atomic mass is 16.5. The number of nitrogens with one attached hydrogen (secondary N) is 2. The molecule has 1 amide bonds. The van der Waals surface area contributed by atoms with Crippen molar-refractivity contribution in [1.29, 1.82) is 0 Å². The molecule has 0 fully saturated rings. The first-order chi connectivity index (χ1) is 12.5. The van der Waals surface area contributed by atoms with Crippen molar-refractivity contribution in [3.05, 3.63) is 47.4 Å². The van der Waals surface area contributed by atoms with Crippen LogP contribution in [0.2, 0.25) is 0 Å². The second kappa shape index (κ2) is 6.33. The second-order valence-corrected chi connectivity index (χ2v) is 6.82. The maximum absolute atomic E-state index is 11.2. The van der Waals surface area contributed by atoms with E-state index in [-0.39, 0.29) is 5.91 Å². The van der Waals surface area contributed by atoms with Gasteiger partial charge in [0.2, 0.25) is 5.91 Å². The molecule has 0 saturated carbocycles. The number of hydrogen-bond donors (Lipinski definition) is 2. The molecule has 1 aliphatic heterocycles. The molecule has 0 unspecified atom stereocenters. The summed E-state index contributed by atoms with van der Waals surface area (Å²) >= 11 is 0. The summed E-state index contributed by atoms with van der Waals surface area (Å²) in [6, 6.07) is 7.76. The Kier molecular flexibility index (Phi) is 3.99. The zero-order valence-electron chi connectivity index (χ0n) is 15.0. The Morgan fingerprint density at radius 3 is 2.96 bits per heavy atom. The normalized spacial score (nSPS) is 12.9. The van der Waals surface area contributed by atoms with Gasteiger partial charge in [0.05, 0.1) is 24.1 Å². The van der Waals surface area contributed by atoms with Crippen LogP contribution in [0.15, 0.2) is 30.5 Å². The lowest BCUT2D eigenvalue weighted by Crippen LogP contribution is -2.06. The number of benzene rings is 1. The van der Waals surface area contributed by atoms with Crippen LogP contribution in [0.5, 0.6) is 5.75 Å². The van der Waals surface area contributed by atoms with Gasteiger partial charge in [0.15, 0.2) is 0 Å². The number of fused-ring (bicyclic) bond motifs is 2. The van der Waals surface area contributed by atoms with Crippen LogP contribution in [-0.4, -0.2) is 25.9 Å². The van der Waals surface area contributed by atoms with Crippen LogP contribution < -0.4 is 10.1 Å². The molecule has 2 aromatic heterocycles. The molecule has 0 bridgehead atoms. The molecule has 0 saturated heterocycles. The van der Waals surface area contributed by atoms with Gasteiger partial charge < -0.3 is 10.1 Å². The summed E-state index contributed by atoms with van der Waals surface area (Å²) in [6.07, 6.45) is 1.83. The van der Waals surface area contributed by atoms with Crippen LogP contribution in [0.1, 0.15) is 43.6 Å². The van der Waals surface area contributed by atoms with Crippen LogP contribution >= 0.6 is 0 Å². The molecule has 26 heavy (non-hydrogen) atoms. The summed E-state index contributed by atoms with van der Waals surface area (Å²) in [6.45, 7) is 6.80. The lowest BCUT2D eigenvalue weighted by Gasteiger charge is -2.09. The molecule has 7 heteroatoms. The Bertz CT molecular complexity index is 970. The van der Waals surface area contributed by atoms with Gasteiger partial charge >= 0.3 is 0 Å². The van der Waals surface area contributed by atoms with E-state index in [1.165, 1.54) is 6.92 Å². The molecule has 3 aromatic rings. The Hall–Kier alpha value is -3.09. The van der Waals surface area contributed by atoms with Gasteiger partial charge in [0.25, 0.3) is 0 Å². The minimum atomic E-state index is -0.0998. The summed E-state index contributed by atoms with van der Waals surface area (Å²) in [5.41, 5.74) is 5.79. The van der Waals surface area contributed by atoms with E-state index in [2.05, 4.69) is 35.4 Å². The average molecular weight is 351 g/mol. The van der Waals surface area contributed by atoms with Crippen molar-refractivity contribution in [2.24, 2.45) is 0 Å². The van der Waals surface area contributed by atoms with Gasteiger partial charge in [0, 0.05) is 35.5 Å². The number of hydrogen-bond acceptors (Lipinski definition) is 4. The predicted octanol–water partition coefficient (Wildman–Crippen LogP) is 3.30. The topological polar surface area (TPSA) is 84.8 Å². The lowest BCUT2D eigenvalue weighted by atomic mass is 10.0. The Morgan fingerprint density at radius 2 is 2.19 bits per heavy atom. The Balaban J connectivity index is 1.65. The number of anilines is 1. The zero-order valence-corrected chi connectivity index (χ0v) is 15.0. The number of H-pyrrole nitrogens is 1. The lowest BCUT2D eigenvalue weighted by molar-refractivity contribution is -0.114. The molecule has 1 aliphatic rings. The number of carbonyl (C=O) groups excluding carboxylic acids is 1. The zero-order chi connectivity index (χ0) is 18.3. The minimum absolute atomic E-state index is 0.0998. The number of aromatic nitrogens is 4. The molecule has 0 radical (unpaired) electrons. The standard InChI is InChI=1S/C19H21N5O2/c1-11(2)19-16(8-20-22-19)17-7-15-10-26-18-6-14(21-12(3)25)5-4-13(18)9-24(15)23-17/h4-8,11H,9-10H2,1-3H3,(H,20,22)(H,21,25). The van der Waals surface area contributed by atoms with Crippen LogP contribution in [0.4, 0.5) is 5.69 Å². The third-order valence-electron chi connectivity index (χ3n) is 4.47. The molecule has 7 nitrogen and oxygen atoms in total. The number of amides is 1. The molecular weight excluding hydrogens is 330 g/mol. The third-order valence-corrected chi connectivity index (χ3v) is 4.47. The highest BCUT2D eigenvalue weighted by Gasteiger charge is 2.20. The molecule has 3 heterocycles. The first-order valence-electron chi connectivity index (χ1n) is 8.65. The van der Waals surface area contributed by atoms with E-state index in [4.69, 9.17) is 9.84 Å². The van der Waals surface area contributed by atoms with Crippen LogP contribution in [0.3, 0.4) is 0 Å². The number of carbonyl (C=O) groups is 1. The molecule has 1 aromatic carbocycles. The quantitative estimate of drug-likeness (QED) is 0.758. The van der Waals surface area contributed by atoms with E-state index < -0.39 is 0 Å². The summed E-state index contributed by atoms with van der Waals surface area (Å²) in [4.78, 5) is 11.2. The first kappa shape index (κ1) is 16.4. The number of ether oxygens (including phenoxy) is 1. The molecular formula is C19H21N5O2. The monoisotopic (exact) mass is 351 g/mol. The van der Waals surface area contributed by atoms with Gasteiger partial charge in [0.1, 0.15) is 12.4 Å². The first-order valence-corrected chi connectivity index (χ1v) is 8.65. The van der Waals surface area contributed by atoms with Gasteiger partial charge in [-0.05, 0) is 18.1 Å². The maximum atomic E-state index is 11.2. The fraction of sp³-hybridized carbons (Fsp3) is 0.316. The largest absolute Gasteiger partial charge is 0.487 e. The van der Waals surface area contributed by atoms with Gasteiger partial charge in [-0.25, -0.2) is 0 Å². The van der Waals surface area contributed by atoms with Gasteiger partial charge in [-0.15, -0.1) is 0 Å². The summed E-state index contributed by atoms with van der Waals surface area (Å²) in [5, 5.41) is 14.8. The van der Waals surface area contributed by atoms with Gasteiger partial charge in [-0.1, -0.05) is 19.9 Å². The van der Waals surface area contributed by atoms with Crippen LogP contribution in [0, 0.1) is 0 Å². The van der Waals surface area contributed by atoms with Gasteiger partial charge in [-0.3, -0.25) is 14.6 Å². The SMILES string of the molecule is CC(=O)Nc1ccc2c(c1)OCc1cc(-c3cn[nH]c3C(C)C)nn1C2. The van der Waals surface area contributed by atoms with Crippen molar-refractivity contribution in [3.8, 4) is 17.0 Å². The number of nitrogens with zero attached hydrogens (tertiary/aromatic N) is 3. The van der Waals surface area contributed by atoms with Crippen molar-refractivity contribution < 1.29 is 9.53 Å². The Labute approximate surface area is 151 Å². The van der Waals surface area contributed by atoms with Crippen molar-refractivity contribution >= 4 is 11.6 Å². The number of rotatable bonds is 3. The molecule has 134 valence electrons. The molecule has 4 rings (SSSR count). The highest BCUT2D eigenvalue weighted by molar-refractivity contribution is 5.88. The van der Waals surface area contributed by atoms with E-state index >= 15 is 0 Å². The van der Waals surface area contributed by atoms with Crippen molar-refractivity contribution in [2.45, 2.75) is 39.8 Å². The fourth-order valence-corrected chi connectivity index (χ4v) is 3.19. The molecule has 0 aliphatic carbocycles. The predicted molar refractivity (Wildman–Crippen MR) is 98.1 cm³/mol. The van der Waals surface area contributed by atoms with E-state index in [1.54, 1.807) is 0 Å². The molecule has 0 atom stereocenters. The van der Waals surface area contributed by atoms with Gasteiger partial charge in [-0.2, -0.15) is 10.2 Å². The number of aromatic amines is 1. The maximum Gasteiger partial charge on any atom is 0.221 e. The van der Waals surface area contributed by atoms with Crippen molar-refractivity contribution in [1.82, 2.24) is 20.0 Å². The fourth-order valence-electron chi connectivity index (χ4n) is 3.19. The molecule has 0 spiro atoms. The van der Waals surface area contributed by atoms with Crippen molar-refractivity contribution in [2.75, 3.05) is 5.32 Å². The van der Waals surface area contributed by atoms with E-state index in [1.807, 2.05) is 29.1 Å². The van der Waals surface area contributed by atoms with E-state index in [9.17, 15) is 4.79 Å². The van der Waals surface area contributed by atoms with Crippen LogP contribution in [0.25, 0.3) is 11.3 Å². The van der Waals surface area contributed by atoms with E-state index in [0.29, 0.717) is 19.1 Å². The molecule has 2 N–H and O–H groups in total. The van der Waals surface area contributed by atoms with Crippen molar-refractivity contribution in [3.63, 3.8) is 0 Å². The summed E-state index contributed by atoms with van der Waals surface area (Å²) in [7, 11) is 0. The smallest absolute Gasteiger partial charge is 0.221 e. The highest BCUT2D eigenvalue weighted by Crippen LogP contribution is 2.31. The minimum Gasteiger partial charge on any atom is -0.487 e. The summed E-state index contributed by atoms with van der Waals surface area (Å²) < 4.78 is 7.94. The summed E-state index contributed by atoms with van der Waals surface area (Å²) in [5.74, 6) is 1.02. The van der Waals surface area contributed by atoms with E-state index in [0.717, 1.165) is 39.6 Å². The van der Waals surface area contributed by atoms with Crippen LogP contribution in [-0.2, 0) is 17.9 Å². The Morgan fingerprint density at radius 1 is 1.35 bits per heavy atom. The second-order valence-electron chi connectivity index (χ2n) is 6.82. The average Bonchev–Trinajstić information content (AvgIpc) is 3.18. The third kappa shape index (κ3) is 2.96.